The van der Waals surface area contributed by atoms with Crippen LogP contribution in [0, 0.1) is 0 Å². The van der Waals surface area contributed by atoms with Crippen molar-refractivity contribution in [2.45, 2.75) is 31.9 Å². The monoisotopic (exact) mass is 317 g/mol. The zero-order valence-corrected chi connectivity index (χ0v) is 13.3. The molecule has 0 aliphatic heterocycles. The van der Waals surface area contributed by atoms with Gasteiger partial charge < -0.3 is 25.7 Å². The summed E-state index contributed by atoms with van der Waals surface area (Å²) >= 11 is 0. The van der Waals surface area contributed by atoms with Crippen LogP contribution in [0.15, 0.2) is 42.5 Å². The number of phenols is 3. The van der Waals surface area contributed by atoms with Gasteiger partial charge >= 0.3 is 0 Å². The van der Waals surface area contributed by atoms with E-state index in [2.05, 4.69) is 5.32 Å². The maximum absolute atomic E-state index is 10.2. The van der Waals surface area contributed by atoms with Gasteiger partial charge in [0, 0.05) is 12.1 Å². The Kier molecular flexibility index (Phi) is 5.13. The molecule has 0 radical (unpaired) electrons. The maximum Gasteiger partial charge on any atom is 0.157 e. The third-order valence-electron chi connectivity index (χ3n) is 3.74. The summed E-state index contributed by atoms with van der Waals surface area (Å²) in [6.45, 7) is 4.37. The summed E-state index contributed by atoms with van der Waals surface area (Å²) in [5.41, 5.74) is 1.36. The predicted octanol–water partition coefficient (Wildman–Crippen LogP) is 2.45. The van der Waals surface area contributed by atoms with Gasteiger partial charge in [0.05, 0.1) is 6.10 Å². The van der Waals surface area contributed by atoms with Crippen LogP contribution >= 0.6 is 0 Å². The molecule has 5 heteroatoms. The number of hydrogen-bond donors (Lipinski definition) is 5. The van der Waals surface area contributed by atoms with Crippen LogP contribution in [0.1, 0.15) is 31.1 Å². The molecule has 0 bridgehead atoms. The second kappa shape index (κ2) is 6.89. The molecule has 0 aliphatic rings. The lowest BCUT2D eigenvalue weighted by molar-refractivity contribution is 0.160. The number of phenolic OH excluding ortho intramolecular Hbond substituents is 3. The largest absolute Gasteiger partial charge is 0.508 e. The Morgan fingerprint density at radius 2 is 1.61 bits per heavy atom. The van der Waals surface area contributed by atoms with Gasteiger partial charge in [-0.25, -0.2) is 0 Å². The number of hydrogen-bond acceptors (Lipinski definition) is 5. The van der Waals surface area contributed by atoms with Crippen LogP contribution in [0.2, 0.25) is 0 Å². The minimum absolute atomic E-state index is 0.207. The molecule has 0 spiro atoms. The summed E-state index contributed by atoms with van der Waals surface area (Å²) in [4.78, 5) is 0. The molecule has 1 atom stereocenters. The molecule has 5 N–H and O–H groups in total. The van der Waals surface area contributed by atoms with Crippen molar-refractivity contribution in [2.24, 2.45) is 0 Å². The molecule has 5 nitrogen and oxygen atoms in total. The number of nitrogens with one attached hydrogen (secondary N) is 1. The Hall–Kier alpha value is -2.24. The lowest BCUT2D eigenvalue weighted by Crippen LogP contribution is -2.43. The number of β-amino-alcohol motifs (C(OH)–C–C–N with tert-alkyl or cyclic N) is 1. The molecular weight excluding hydrogens is 294 g/mol. The molecule has 0 aliphatic carbocycles. The van der Waals surface area contributed by atoms with Crippen LogP contribution in [-0.2, 0) is 6.42 Å². The van der Waals surface area contributed by atoms with Crippen molar-refractivity contribution in [3.63, 3.8) is 0 Å². The number of aliphatic hydroxyl groups excluding tert-OH is 1. The van der Waals surface area contributed by atoms with E-state index in [0.717, 1.165) is 12.0 Å². The van der Waals surface area contributed by atoms with Gasteiger partial charge in [0.15, 0.2) is 11.5 Å². The summed E-state index contributed by atoms with van der Waals surface area (Å²) in [7, 11) is 0. The van der Waals surface area contributed by atoms with Crippen molar-refractivity contribution in [2.75, 3.05) is 6.54 Å². The van der Waals surface area contributed by atoms with E-state index >= 15 is 0 Å². The van der Waals surface area contributed by atoms with Gasteiger partial charge in [-0.15, -0.1) is 0 Å². The van der Waals surface area contributed by atoms with Gasteiger partial charge in [0.25, 0.3) is 0 Å². The third kappa shape index (κ3) is 4.87. The second-order valence-electron chi connectivity index (χ2n) is 6.37. The summed E-state index contributed by atoms with van der Waals surface area (Å²) < 4.78 is 0. The van der Waals surface area contributed by atoms with Crippen molar-refractivity contribution in [3.05, 3.63) is 53.6 Å². The first-order chi connectivity index (χ1) is 10.8. The molecular formula is C18H23NO4. The van der Waals surface area contributed by atoms with E-state index in [0.29, 0.717) is 12.1 Å². The Labute approximate surface area is 135 Å². The summed E-state index contributed by atoms with van der Waals surface area (Å²) in [5, 5.41) is 41.6. The van der Waals surface area contributed by atoms with Gasteiger partial charge in [-0.05, 0) is 55.7 Å². The van der Waals surface area contributed by atoms with Crippen LogP contribution in [0.3, 0.4) is 0 Å². The molecule has 2 aromatic rings. The fraction of sp³-hybridized carbons (Fsp3) is 0.333. The van der Waals surface area contributed by atoms with E-state index in [9.17, 15) is 20.4 Å². The van der Waals surface area contributed by atoms with E-state index in [-0.39, 0.29) is 22.8 Å². The van der Waals surface area contributed by atoms with E-state index < -0.39 is 6.10 Å². The minimum atomic E-state index is -0.791. The van der Waals surface area contributed by atoms with Crippen molar-refractivity contribution in [3.8, 4) is 17.2 Å². The first-order valence-corrected chi connectivity index (χ1v) is 7.50. The van der Waals surface area contributed by atoms with E-state index in [1.807, 2.05) is 26.0 Å². The molecule has 23 heavy (non-hydrogen) atoms. The van der Waals surface area contributed by atoms with Crippen LogP contribution in [0.4, 0.5) is 0 Å². The molecule has 0 saturated heterocycles. The standard InChI is InChI=1S/C18H23NO4/c1-18(2,10-12-3-6-14(20)7-4-12)19-11-17(23)13-5-8-15(21)16(22)9-13/h3-9,17,19-23H,10-11H2,1-2H3/t17-/m0/s1. The topological polar surface area (TPSA) is 93.0 Å². The zero-order valence-electron chi connectivity index (χ0n) is 13.3. The van der Waals surface area contributed by atoms with Gasteiger partial charge in [-0.3, -0.25) is 0 Å². The Balaban J connectivity index is 1.94. The maximum atomic E-state index is 10.2. The average molecular weight is 317 g/mol. The second-order valence-corrected chi connectivity index (χ2v) is 6.37. The highest BCUT2D eigenvalue weighted by molar-refractivity contribution is 5.41. The highest BCUT2D eigenvalue weighted by Crippen LogP contribution is 2.28. The smallest absolute Gasteiger partial charge is 0.157 e. The van der Waals surface area contributed by atoms with Crippen LogP contribution in [-0.4, -0.2) is 32.5 Å². The molecule has 0 amide bonds. The number of aliphatic hydroxyl groups is 1. The first kappa shape index (κ1) is 17.1. The van der Waals surface area contributed by atoms with Gasteiger partial charge in [-0.1, -0.05) is 18.2 Å². The van der Waals surface area contributed by atoms with Gasteiger partial charge in [-0.2, -0.15) is 0 Å². The van der Waals surface area contributed by atoms with Crippen molar-refractivity contribution < 1.29 is 20.4 Å². The fourth-order valence-corrected chi connectivity index (χ4v) is 2.43. The van der Waals surface area contributed by atoms with E-state index in [4.69, 9.17) is 0 Å². The number of benzene rings is 2. The molecule has 0 aromatic heterocycles. The van der Waals surface area contributed by atoms with Crippen molar-refractivity contribution in [1.29, 1.82) is 0 Å². The molecule has 0 fully saturated rings. The lowest BCUT2D eigenvalue weighted by Gasteiger charge is -2.28. The molecule has 0 unspecified atom stereocenters. The molecule has 0 saturated carbocycles. The van der Waals surface area contributed by atoms with Crippen molar-refractivity contribution in [1.82, 2.24) is 5.32 Å². The lowest BCUT2D eigenvalue weighted by atomic mass is 9.94. The zero-order chi connectivity index (χ0) is 17.0. The quantitative estimate of drug-likeness (QED) is 0.528. The SMILES string of the molecule is CC(C)(Cc1ccc(O)cc1)NC[C@H](O)c1ccc(O)c(O)c1. The molecule has 0 heterocycles. The Morgan fingerprint density at radius 1 is 0.957 bits per heavy atom. The van der Waals surface area contributed by atoms with E-state index in [1.54, 1.807) is 18.2 Å². The van der Waals surface area contributed by atoms with Crippen LogP contribution < -0.4 is 5.32 Å². The van der Waals surface area contributed by atoms with Gasteiger partial charge in [0.1, 0.15) is 5.75 Å². The summed E-state index contributed by atoms with van der Waals surface area (Å²) in [6, 6.07) is 11.3. The highest BCUT2D eigenvalue weighted by atomic mass is 16.3. The van der Waals surface area contributed by atoms with Crippen LogP contribution in [0.5, 0.6) is 17.2 Å². The molecule has 2 rings (SSSR count). The fourth-order valence-electron chi connectivity index (χ4n) is 2.43. The minimum Gasteiger partial charge on any atom is -0.508 e. The molecule has 124 valence electrons. The third-order valence-corrected chi connectivity index (χ3v) is 3.74. The first-order valence-electron chi connectivity index (χ1n) is 7.50. The summed E-state index contributed by atoms with van der Waals surface area (Å²) in [5.74, 6) is -0.214. The van der Waals surface area contributed by atoms with E-state index in [1.165, 1.54) is 12.1 Å². The van der Waals surface area contributed by atoms with Crippen molar-refractivity contribution >= 4 is 0 Å². The number of rotatable bonds is 6. The molecule has 2 aromatic carbocycles. The predicted molar refractivity (Wildman–Crippen MR) is 88.6 cm³/mol. The Morgan fingerprint density at radius 3 is 2.22 bits per heavy atom. The number of aromatic hydroxyl groups is 3. The summed E-state index contributed by atoms with van der Waals surface area (Å²) in [6.07, 6.45) is -0.0542. The average Bonchev–Trinajstić information content (AvgIpc) is 2.50. The highest BCUT2D eigenvalue weighted by Gasteiger charge is 2.20. The normalized spacial score (nSPS) is 13.0. The Bertz CT molecular complexity index is 653. The van der Waals surface area contributed by atoms with Gasteiger partial charge in [0.2, 0.25) is 0 Å². The van der Waals surface area contributed by atoms with Crippen LogP contribution in [0.25, 0.3) is 0 Å².